The Kier molecular flexibility index (Phi) is 6.16. The molecule has 1 rings (SSSR count). The van der Waals surface area contributed by atoms with Gasteiger partial charge in [-0.15, -0.1) is 0 Å². The Morgan fingerprint density at radius 1 is 1.53 bits per heavy atom. The molecule has 1 atom stereocenters. The Morgan fingerprint density at radius 3 is 2.53 bits per heavy atom. The van der Waals surface area contributed by atoms with Gasteiger partial charge in [-0.25, -0.2) is 0 Å². The summed E-state index contributed by atoms with van der Waals surface area (Å²) in [7, 11) is 0. The Labute approximate surface area is 120 Å². The van der Waals surface area contributed by atoms with Crippen LogP contribution in [0, 0.1) is 5.41 Å². The number of hydrogen-bond acceptors (Lipinski definition) is 4. The van der Waals surface area contributed by atoms with E-state index in [1.807, 2.05) is 18.7 Å². The monoisotopic (exact) mass is 288 g/mol. The fourth-order valence-electron chi connectivity index (χ4n) is 2.22. The summed E-state index contributed by atoms with van der Waals surface area (Å²) in [5.41, 5.74) is 4.97. The van der Waals surface area contributed by atoms with Crippen LogP contribution < -0.4 is 5.73 Å². The number of piperidine rings is 1. The highest BCUT2D eigenvalue weighted by molar-refractivity contribution is 7.80. The number of rotatable bonds is 6. The number of carbonyl (C=O) groups excluding carboxylic acids is 1. The van der Waals surface area contributed by atoms with Gasteiger partial charge in [0.25, 0.3) is 0 Å². The van der Waals surface area contributed by atoms with Gasteiger partial charge in [0.15, 0.2) is 0 Å². The van der Waals surface area contributed by atoms with Crippen LogP contribution in [-0.4, -0.2) is 53.3 Å². The molecule has 5 nitrogen and oxygen atoms in total. The number of likely N-dealkylation sites (tertiary alicyclic amines) is 1. The van der Waals surface area contributed by atoms with Gasteiger partial charge in [0.05, 0.1) is 29.7 Å². The SMILES string of the molecule is CCC(C)(C(=O)N1CCC(OCCO)CC1)C(N)=S. The molecule has 1 heterocycles. The highest BCUT2D eigenvalue weighted by Crippen LogP contribution is 2.27. The van der Waals surface area contributed by atoms with E-state index in [1.54, 1.807) is 0 Å². The largest absolute Gasteiger partial charge is 0.394 e. The molecule has 1 aliphatic heterocycles. The zero-order valence-corrected chi connectivity index (χ0v) is 12.5. The predicted molar refractivity (Wildman–Crippen MR) is 77.8 cm³/mol. The fraction of sp³-hybridized carbons (Fsp3) is 0.846. The summed E-state index contributed by atoms with van der Waals surface area (Å²) in [5.74, 6) is 0.0168. The second kappa shape index (κ2) is 7.17. The first-order valence-electron chi connectivity index (χ1n) is 6.77. The summed E-state index contributed by atoms with van der Waals surface area (Å²) < 4.78 is 5.48. The zero-order valence-electron chi connectivity index (χ0n) is 11.7. The number of amides is 1. The van der Waals surface area contributed by atoms with Gasteiger partial charge in [-0.1, -0.05) is 19.1 Å². The van der Waals surface area contributed by atoms with Crippen molar-refractivity contribution in [2.75, 3.05) is 26.3 Å². The smallest absolute Gasteiger partial charge is 0.235 e. The molecular weight excluding hydrogens is 264 g/mol. The molecule has 0 saturated carbocycles. The van der Waals surface area contributed by atoms with Crippen molar-refractivity contribution in [1.82, 2.24) is 4.90 Å². The molecule has 1 unspecified atom stereocenters. The van der Waals surface area contributed by atoms with Crippen LogP contribution >= 0.6 is 12.2 Å². The van der Waals surface area contributed by atoms with Gasteiger partial charge in [0.2, 0.25) is 5.91 Å². The second-order valence-electron chi connectivity index (χ2n) is 5.14. The maximum absolute atomic E-state index is 12.5. The molecular formula is C13H24N2O3S. The first kappa shape index (κ1) is 16.3. The number of aliphatic hydroxyl groups is 1. The predicted octanol–water partition coefficient (Wildman–Crippen LogP) is 0.689. The van der Waals surface area contributed by atoms with E-state index >= 15 is 0 Å². The molecule has 3 N–H and O–H groups in total. The van der Waals surface area contributed by atoms with Crippen molar-refractivity contribution in [3.63, 3.8) is 0 Å². The highest BCUT2D eigenvalue weighted by Gasteiger charge is 2.39. The van der Waals surface area contributed by atoms with Crippen LogP contribution in [0.4, 0.5) is 0 Å². The zero-order chi connectivity index (χ0) is 14.5. The van der Waals surface area contributed by atoms with Gasteiger partial charge in [-0.2, -0.15) is 0 Å². The molecule has 1 fully saturated rings. The molecule has 0 spiro atoms. The van der Waals surface area contributed by atoms with E-state index in [2.05, 4.69) is 0 Å². The third-order valence-corrected chi connectivity index (χ3v) is 4.35. The lowest BCUT2D eigenvalue weighted by Gasteiger charge is -2.37. The first-order chi connectivity index (χ1) is 8.95. The van der Waals surface area contributed by atoms with Crippen LogP contribution in [0.2, 0.25) is 0 Å². The fourth-order valence-corrected chi connectivity index (χ4v) is 2.46. The molecule has 1 aliphatic rings. The van der Waals surface area contributed by atoms with Crippen molar-refractivity contribution in [3.05, 3.63) is 0 Å². The van der Waals surface area contributed by atoms with Crippen molar-refractivity contribution in [1.29, 1.82) is 0 Å². The van der Waals surface area contributed by atoms with E-state index in [9.17, 15) is 4.79 Å². The van der Waals surface area contributed by atoms with E-state index in [4.69, 9.17) is 27.8 Å². The van der Waals surface area contributed by atoms with Crippen molar-refractivity contribution in [3.8, 4) is 0 Å². The summed E-state index contributed by atoms with van der Waals surface area (Å²) in [4.78, 5) is 14.6. The third-order valence-electron chi connectivity index (χ3n) is 3.90. The number of nitrogens with two attached hydrogens (primary N) is 1. The Hall–Kier alpha value is -0.720. The van der Waals surface area contributed by atoms with Gasteiger partial charge >= 0.3 is 0 Å². The molecule has 0 bridgehead atoms. The summed E-state index contributed by atoms with van der Waals surface area (Å²) in [5, 5.41) is 8.72. The minimum atomic E-state index is -0.742. The first-order valence-corrected chi connectivity index (χ1v) is 7.18. The maximum Gasteiger partial charge on any atom is 0.235 e. The molecule has 6 heteroatoms. The Balaban J connectivity index is 2.55. The van der Waals surface area contributed by atoms with E-state index < -0.39 is 5.41 Å². The number of ether oxygens (including phenoxy) is 1. The molecule has 19 heavy (non-hydrogen) atoms. The third kappa shape index (κ3) is 3.87. The highest BCUT2D eigenvalue weighted by atomic mass is 32.1. The van der Waals surface area contributed by atoms with Gasteiger partial charge in [0, 0.05) is 13.1 Å². The van der Waals surface area contributed by atoms with Crippen LogP contribution in [-0.2, 0) is 9.53 Å². The van der Waals surface area contributed by atoms with Gasteiger partial charge in [-0.3, -0.25) is 4.79 Å². The topological polar surface area (TPSA) is 75.8 Å². The quantitative estimate of drug-likeness (QED) is 0.703. The molecule has 0 aromatic carbocycles. The van der Waals surface area contributed by atoms with Gasteiger partial charge < -0.3 is 20.5 Å². The summed E-state index contributed by atoms with van der Waals surface area (Å²) in [6.07, 6.45) is 2.34. The van der Waals surface area contributed by atoms with E-state index in [0.29, 0.717) is 26.1 Å². The Bertz CT molecular complexity index is 330. The van der Waals surface area contributed by atoms with E-state index in [1.165, 1.54) is 0 Å². The van der Waals surface area contributed by atoms with Crippen LogP contribution in [0.25, 0.3) is 0 Å². The lowest BCUT2D eigenvalue weighted by molar-refractivity contribution is -0.140. The molecule has 1 saturated heterocycles. The minimum absolute atomic E-state index is 0.0168. The average Bonchev–Trinajstić information content (AvgIpc) is 2.43. The average molecular weight is 288 g/mol. The molecule has 1 amide bonds. The van der Waals surface area contributed by atoms with Gasteiger partial charge in [0.1, 0.15) is 0 Å². The van der Waals surface area contributed by atoms with Crippen LogP contribution in [0.3, 0.4) is 0 Å². The van der Waals surface area contributed by atoms with E-state index in [0.717, 1.165) is 12.8 Å². The molecule has 0 aromatic heterocycles. The summed E-state index contributed by atoms with van der Waals surface area (Å²) in [6.45, 7) is 5.45. The molecule has 0 radical (unpaired) electrons. The number of hydrogen-bond donors (Lipinski definition) is 2. The van der Waals surface area contributed by atoms with Crippen LogP contribution in [0.1, 0.15) is 33.1 Å². The van der Waals surface area contributed by atoms with Crippen molar-refractivity contribution in [2.45, 2.75) is 39.2 Å². The van der Waals surface area contributed by atoms with Crippen molar-refractivity contribution < 1.29 is 14.6 Å². The summed E-state index contributed by atoms with van der Waals surface area (Å²) >= 11 is 5.03. The van der Waals surface area contributed by atoms with Gasteiger partial charge in [-0.05, 0) is 26.2 Å². The number of thiocarbonyl (C=S) groups is 1. The lowest BCUT2D eigenvalue weighted by atomic mass is 9.85. The number of nitrogens with zero attached hydrogens (tertiary/aromatic N) is 1. The maximum atomic E-state index is 12.5. The number of carbonyl (C=O) groups is 1. The standard InChI is InChI=1S/C13H24N2O3S/c1-3-13(2,11(14)19)12(17)15-6-4-10(5-7-15)18-9-8-16/h10,16H,3-9H2,1-2H3,(H2,14,19). The Morgan fingerprint density at radius 2 is 2.11 bits per heavy atom. The second-order valence-corrected chi connectivity index (χ2v) is 5.58. The van der Waals surface area contributed by atoms with Crippen molar-refractivity contribution >= 4 is 23.1 Å². The minimum Gasteiger partial charge on any atom is -0.394 e. The molecule has 0 aromatic rings. The summed E-state index contributed by atoms with van der Waals surface area (Å²) in [6, 6.07) is 0. The normalized spacial score (nSPS) is 20.1. The van der Waals surface area contributed by atoms with E-state index in [-0.39, 0.29) is 23.6 Å². The lowest BCUT2D eigenvalue weighted by Crippen LogP contribution is -2.51. The van der Waals surface area contributed by atoms with Crippen LogP contribution in [0.5, 0.6) is 0 Å². The van der Waals surface area contributed by atoms with Crippen LogP contribution in [0.15, 0.2) is 0 Å². The molecule has 110 valence electrons. The number of aliphatic hydroxyl groups excluding tert-OH is 1. The molecule has 0 aliphatic carbocycles. The van der Waals surface area contributed by atoms with Crippen molar-refractivity contribution in [2.24, 2.45) is 11.1 Å².